The zero-order valence-corrected chi connectivity index (χ0v) is 10.5. The molecule has 0 atom stereocenters. The second-order valence-electron chi connectivity index (χ2n) is 2.51. The lowest BCUT2D eigenvalue weighted by molar-refractivity contribution is 0.561. The Labute approximate surface area is 91.5 Å². The van der Waals surface area contributed by atoms with Gasteiger partial charge in [-0.3, -0.25) is 0 Å². The van der Waals surface area contributed by atoms with Crippen molar-refractivity contribution in [2.45, 2.75) is 41.5 Å². The highest BCUT2D eigenvalue weighted by Gasteiger charge is 2.01. The molecule has 0 aliphatic carbocycles. The molecule has 2 heterocycles. The van der Waals surface area contributed by atoms with Gasteiger partial charge in [-0.05, 0) is 19.1 Å². The van der Waals surface area contributed by atoms with E-state index in [1.807, 2.05) is 53.7 Å². The first-order valence-electron chi connectivity index (χ1n) is 5.46. The molecule has 0 unspecified atom stereocenters. The van der Waals surface area contributed by atoms with Crippen molar-refractivity contribution in [1.29, 1.82) is 0 Å². The molecule has 2 aromatic heterocycles. The quantitative estimate of drug-likeness (QED) is 0.659. The molecule has 0 saturated carbocycles. The van der Waals surface area contributed by atoms with E-state index in [1.54, 1.807) is 0 Å². The Balaban J connectivity index is 0.000000442. The van der Waals surface area contributed by atoms with Crippen LogP contribution in [0, 0.1) is 13.8 Å². The Bertz CT molecular complexity index is 393. The monoisotopic (exact) mass is 208 g/mol. The zero-order chi connectivity index (χ0) is 11.8. The van der Waals surface area contributed by atoms with Crippen molar-refractivity contribution in [1.82, 2.24) is 9.97 Å². The van der Waals surface area contributed by atoms with E-state index in [1.165, 1.54) is 0 Å². The average Bonchev–Trinajstić information content (AvgIpc) is 2.63. The van der Waals surface area contributed by atoms with E-state index in [-0.39, 0.29) is 0 Å². The van der Waals surface area contributed by atoms with Crippen LogP contribution in [0.25, 0.3) is 11.2 Å². The lowest BCUT2D eigenvalue weighted by atomic mass is 10.4. The number of aryl methyl sites for hydroxylation is 2. The fraction of sp³-hybridized carbons (Fsp3) is 0.500. The highest BCUT2D eigenvalue weighted by atomic mass is 16.3. The van der Waals surface area contributed by atoms with Crippen LogP contribution in [-0.2, 0) is 0 Å². The maximum absolute atomic E-state index is 5.25. The molecule has 0 aliphatic heterocycles. The van der Waals surface area contributed by atoms with Crippen LogP contribution >= 0.6 is 0 Å². The number of oxazole rings is 1. The summed E-state index contributed by atoms with van der Waals surface area (Å²) in [5.41, 5.74) is 2.42. The fourth-order valence-corrected chi connectivity index (χ4v) is 1.02. The summed E-state index contributed by atoms with van der Waals surface area (Å²) >= 11 is 0. The number of pyridine rings is 1. The molecule has 0 spiro atoms. The van der Waals surface area contributed by atoms with Gasteiger partial charge in [-0.25, -0.2) is 4.98 Å². The van der Waals surface area contributed by atoms with E-state index in [2.05, 4.69) is 9.97 Å². The van der Waals surface area contributed by atoms with E-state index in [0.29, 0.717) is 11.5 Å². The Kier molecular flexibility index (Phi) is 6.34. The summed E-state index contributed by atoms with van der Waals surface area (Å²) in [5, 5.41) is 0. The molecule has 3 nitrogen and oxygen atoms in total. The van der Waals surface area contributed by atoms with Gasteiger partial charge >= 0.3 is 0 Å². The molecule has 0 saturated heterocycles. The van der Waals surface area contributed by atoms with Crippen molar-refractivity contribution in [3.63, 3.8) is 0 Å². The molecule has 84 valence electrons. The van der Waals surface area contributed by atoms with Crippen molar-refractivity contribution >= 4 is 11.2 Å². The smallest absolute Gasteiger partial charge is 0.199 e. The van der Waals surface area contributed by atoms with E-state index >= 15 is 0 Å². The molecule has 2 rings (SSSR count). The highest BCUT2D eigenvalue weighted by molar-refractivity contribution is 5.67. The minimum absolute atomic E-state index is 0.665. The number of nitrogens with zero attached hydrogens (tertiary/aromatic N) is 2. The van der Waals surface area contributed by atoms with Crippen molar-refractivity contribution < 1.29 is 4.42 Å². The Morgan fingerprint density at radius 3 is 2.13 bits per heavy atom. The molecule has 0 radical (unpaired) electrons. The van der Waals surface area contributed by atoms with E-state index in [0.717, 1.165) is 11.3 Å². The predicted octanol–water partition coefficient (Wildman–Crippen LogP) is 3.89. The van der Waals surface area contributed by atoms with Crippen LogP contribution in [0.5, 0.6) is 0 Å². The molecule has 0 amide bonds. The first kappa shape index (κ1) is 13.6. The topological polar surface area (TPSA) is 38.9 Å². The van der Waals surface area contributed by atoms with Crippen LogP contribution in [0.2, 0.25) is 0 Å². The van der Waals surface area contributed by atoms with Gasteiger partial charge in [0.25, 0.3) is 0 Å². The maximum atomic E-state index is 5.25. The third-order valence-corrected chi connectivity index (χ3v) is 1.50. The number of rotatable bonds is 0. The van der Waals surface area contributed by atoms with E-state index in [4.69, 9.17) is 4.42 Å². The molecule has 0 aliphatic rings. The number of fused-ring (bicyclic) bond motifs is 1. The molecule has 0 N–H and O–H groups in total. The molecular weight excluding hydrogens is 188 g/mol. The Hall–Kier alpha value is -1.38. The van der Waals surface area contributed by atoms with Crippen LogP contribution in [-0.4, -0.2) is 9.97 Å². The van der Waals surface area contributed by atoms with Crippen LogP contribution in [0.4, 0.5) is 0 Å². The molecule has 2 aromatic rings. The summed E-state index contributed by atoms with van der Waals surface area (Å²) in [5.74, 6) is 0.665. The van der Waals surface area contributed by atoms with Crippen molar-refractivity contribution in [3.8, 4) is 0 Å². The van der Waals surface area contributed by atoms with Gasteiger partial charge in [0.1, 0.15) is 0 Å². The normalized spacial score (nSPS) is 8.67. The lowest BCUT2D eigenvalue weighted by Crippen LogP contribution is -1.79. The first-order chi connectivity index (χ1) is 7.25. The van der Waals surface area contributed by atoms with Gasteiger partial charge in [0.15, 0.2) is 17.1 Å². The van der Waals surface area contributed by atoms with Gasteiger partial charge in [-0.15, -0.1) is 0 Å². The molecule has 15 heavy (non-hydrogen) atoms. The Morgan fingerprint density at radius 2 is 1.53 bits per heavy atom. The minimum Gasteiger partial charge on any atom is -0.439 e. The third kappa shape index (κ3) is 3.70. The second kappa shape index (κ2) is 6.98. The van der Waals surface area contributed by atoms with Gasteiger partial charge in [0.2, 0.25) is 0 Å². The molecule has 3 heteroatoms. The van der Waals surface area contributed by atoms with Crippen LogP contribution in [0.15, 0.2) is 16.5 Å². The average molecular weight is 208 g/mol. The van der Waals surface area contributed by atoms with Crippen LogP contribution in [0.1, 0.15) is 39.3 Å². The summed E-state index contributed by atoms with van der Waals surface area (Å²) in [6.45, 7) is 11.8. The number of hydrogen-bond acceptors (Lipinski definition) is 3. The Morgan fingerprint density at radius 1 is 0.933 bits per heavy atom. The highest BCUT2D eigenvalue weighted by Crippen LogP contribution is 2.12. The van der Waals surface area contributed by atoms with Crippen molar-refractivity contribution in [2.24, 2.45) is 0 Å². The largest absolute Gasteiger partial charge is 0.439 e. The lowest BCUT2D eigenvalue weighted by Gasteiger charge is -1.86. The fourth-order valence-electron chi connectivity index (χ4n) is 1.02. The minimum atomic E-state index is 0.665. The summed E-state index contributed by atoms with van der Waals surface area (Å²) in [4.78, 5) is 8.29. The molecule has 0 bridgehead atoms. The van der Waals surface area contributed by atoms with Gasteiger partial charge in [0, 0.05) is 12.6 Å². The summed E-state index contributed by atoms with van der Waals surface area (Å²) in [6.07, 6.45) is 0. The first-order valence-corrected chi connectivity index (χ1v) is 5.46. The zero-order valence-electron chi connectivity index (χ0n) is 10.5. The van der Waals surface area contributed by atoms with Gasteiger partial charge in [-0.1, -0.05) is 27.7 Å². The summed E-state index contributed by atoms with van der Waals surface area (Å²) < 4.78 is 5.25. The van der Waals surface area contributed by atoms with Crippen molar-refractivity contribution in [2.75, 3.05) is 0 Å². The molecule has 0 aromatic carbocycles. The maximum Gasteiger partial charge on any atom is 0.199 e. The van der Waals surface area contributed by atoms with Crippen LogP contribution in [0.3, 0.4) is 0 Å². The SMILES string of the molecule is CC.CC.Cc1ccc2oc(C)nc2n1. The summed E-state index contributed by atoms with van der Waals surface area (Å²) in [6, 6.07) is 3.80. The van der Waals surface area contributed by atoms with Crippen LogP contribution < -0.4 is 0 Å². The molecular formula is C12H20N2O. The van der Waals surface area contributed by atoms with Gasteiger partial charge in [-0.2, -0.15) is 4.98 Å². The van der Waals surface area contributed by atoms with Crippen molar-refractivity contribution in [3.05, 3.63) is 23.7 Å². The van der Waals surface area contributed by atoms with E-state index < -0.39 is 0 Å². The predicted molar refractivity (Wildman–Crippen MR) is 64.0 cm³/mol. The van der Waals surface area contributed by atoms with Gasteiger partial charge in [0.05, 0.1) is 0 Å². The summed E-state index contributed by atoms with van der Waals surface area (Å²) in [7, 11) is 0. The second-order valence-corrected chi connectivity index (χ2v) is 2.51. The number of hydrogen-bond donors (Lipinski definition) is 0. The molecule has 0 fully saturated rings. The third-order valence-electron chi connectivity index (χ3n) is 1.50. The van der Waals surface area contributed by atoms with E-state index in [9.17, 15) is 0 Å². The van der Waals surface area contributed by atoms with Gasteiger partial charge < -0.3 is 4.42 Å². The standard InChI is InChI=1S/C8H8N2O.2C2H6/c1-5-3-4-7-8(9-5)10-6(2)11-7;2*1-2/h3-4H,1-2H3;2*1-2H3. The number of aromatic nitrogens is 2.